The van der Waals surface area contributed by atoms with Gasteiger partial charge < -0.3 is 23.3 Å². The Morgan fingerprint density at radius 2 is 1.47 bits per heavy atom. The van der Waals surface area contributed by atoms with Crippen molar-refractivity contribution in [3.8, 4) is 0 Å². The third-order valence-corrected chi connectivity index (χ3v) is 3.23. The van der Waals surface area contributed by atoms with E-state index in [9.17, 15) is 0 Å². The van der Waals surface area contributed by atoms with Gasteiger partial charge in [-0.3, -0.25) is 0 Å². The summed E-state index contributed by atoms with van der Waals surface area (Å²) in [6.07, 6.45) is 5.02. The second kappa shape index (κ2) is 21.4. The van der Waals surface area contributed by atoms with Gasteiger partial charge in [0.1, 0.15) is 0 Å². The van der Waals surface area contributed by atoms with Crippen LogP contribution in [0.25, 0.3) is 15.9 Å². The number of nitrogens with zero attached hydrogens (tertiary/aromatic N) is 3. The minimum Gasteiger partial charge on any atom is -0.689 e. The smallest absolute Gasteiger partial charge is 0.689 e. The molecule has 0 radical (unpaired) electrons. The molecule has 0 spiro atoms. The molecule has 0 bridgehead atoms. The zero-order valence-corrected chi connectivity index (χ0v) is 18.1. The molecule has 2 unspecified atom stereocenters. The molecule has 1 aliphatic carbocycles. The van der Waals surface area contributed by atoms with E-state index in [0.717, 1.165) is 5.92 Å². The van der Waals surface area contributed by atoms with Crippen LogP contribution >= 0.6 is 11.6 Å². The van der Waals surface area contributed by atoms with Crippen molar-refractivity contribution >= 4 is 18.4 Å². The van der Waals surface area contributed by atoms with Gasteiger partial charge in [-0.1, -0.05) is 12.7 Å². The second-order valence-electron chi connectivity index (χ2n) is 4.44. The fourth-order valence-corrected chi connectivity index (χ4v) is 2.18. The Labute approximate surface area is 146 Å². The summed E-state index contributed by atoms with van der Waals surface area (Å²) in [5.41, 5.74) is 0. The first kappa shape index (κ1) is 28.3. The quantitative estimate of drug-likeness (QED) is 0.337. The van der Waals surface area contributed by atoms with Crippen LogP contribution in [-0.2, 0) is 25.8 Å². The number of hydrogen-bond acceptors (Lipinski definition) is 0. The van der Waals surface area contributed by atoms with Crippen molar-refractivity contribution in [3.05, 3.63) is 23.3 Å². The van der Waals surface area contributed by atoms with Crippen LogP contribution in [-0.4, -0.2) is 47.5 Å². The van der Waals surface area contributed by atoms with Gasteiger partial charge in [-0.05, 0) is 18.8 Å². The van der Waals surface area contributed by atoms with E-state index in [1.165, 1.54) is 25.6 Å². The van der Waals surface area contributed by atoms with Gasteiger partial charge in [0.25, 0.3) is 0 Å². The summed E-state index contributed by atoms with van der Waals surface area (Å²) in [7, 11) is 8.89. The predicted molar refractivity (Wildman–Crippen MR) is 89.5 cm³/mol. The average molecular weight is 454 g/mol. The Balaban J connectivity index is -0.000000122. The van der Waals surface area contributed by atoms with Crippen molar-refractivity contribution in [1.29, 1.82) is 0 Å². The summed E-state index contributed by atoms with van der Waals surface area (Å²) in [5, 5.41) is 11.7. The van der Waals surface area contributed by atoms with Crippen molar-refractivity contribution < 1.29 is 25.8 Å². The van der Waals surface area contributed by atoms with Gasteiger partial charge in [-0.2, -0.15) is 35.2 Å². The molecule has 0 aliphatic heterocycles. The van der Waals surface area contributed by atoms with Gasteiger partial charge in [-0.15, -0.1) is 18.4 Å². The normalized spacial score (nSPS) is 19.7. The molecule has 0 saturated heterocycles. The van der Waals surface area contributed by atoms with E-state index in [-0.39, 0.29) is 33.3 Å². The summed E-state index contributed by atoms with van der Waals surface area (Å²) in [5.74, 6) is 0.732. The number of rotatable bonds is 3. The molecular formula is C13H31BClHfN3. The van der Waals surface area contributed by atoms with Crippen LogP contribution in [0.5, 0.6) is 0 Å². The number of hydrogen-bond donors (Lipinski definition) is 0. The van der Waals surface area contributed by atoms with Gasteiger partial charge in [0.2, 0.25) is 0 Å². The van der Waals surface area contributed by atoms with Gasteiger partial charge in [0, 0.05) is 12.2 Å². The Kier molecular flexibility index (Phi) is 31.9. The fourth-order valence-electron chi connectivity index (χ4n) is 1.80. The summed E-state index contributed by atoms with van der Waals surface area (Å²) >= 11 is 6.14. The van der Waals surface area contributed by atoms with Crippen LogP contribution in [0.1, 0.15) is 19.3 Å². The minimum atomic E-state index is 0. The molecule has 0 aromatic heterocycles. The maximum Gasteiger partial charge on any atom is 4.00 e. The van der Waals surface area contributed by atoms with Crippen molar-refractivity contribution in [2.75, 3.05) is 35.2 Å². The molecule has 112 valence electrons. The molecule has 6 heteroatoms. The summed E-state index contributed by atoms with van der Waals surface area (Å²) < 4.78 is 0. The summed E-state index contributed by atoms with van der Waals surface area (Å²) in [4.78, 5) is 0. The average Bonchev–Trinajstić information content (AvgIpc) is 2.66. The van der Waals surface area contributed by atoms with Crippen LogP contribution in [0.2, 0.25) is 13.1 Å². The summed E-state index contributed by atoms with van der Waals surface area (Å²) in [6.45, 7) is 2.67. The molecule has 0 amide bonds. The Bertz CT molecular complexity index is 154. The maximum atomic E-state index is 6.14. The largest absolute Gasteiger partial charge is 4.00 e. The molecule has 0 N–H and O–H groups in total. The SMILES string of the molecule is C[N-]B(C)CC1CCCC1Cl.C[N-]C.C[N-]C.[CH3-].[Hf+4]. The van der Waals surface area contributed by atoms with E-state index in [2.05, 4.69) is 22.7 Å². The molecule has 19 heavy (non-hydrogen) atoms. The van der Waals surface area contributed by atoms with Crippen LogP contribution in [0.4, 0.5) is 0 Å². The van der Waals surface area contributed by atoms with Gasteiger partial charge >= 0.3 is 25.8 Å². The molecule has 3 nitrogen and oxygen atoms in total. The molecule has 0 aromatic carbocycles. The van der Waals surface area contributed by atoms with Gasteiger partial charge in [0.05, 0.1) is 0 Å². The van der Waals surface area contributed by atoms with Crippen LogP contribution in [0.15, 0.2) is 0 Å². The molecular weight excluding hydrogens is 423 g/mol. The zero-order chi connectivity index (χ0) is 13.7. The molecule has 0 aromatic rings. The molecule has 1 saturated carbocycles. The Hall–Kier alpha value is 1.11. The fraction of sp³-hybridized carbons (Fsp3) is 0.923. The van der Waals surface area contributed by atoms with Crippen molar-refractivity contribution in [1.82, 2.24) is 0 Å². The Morgan fingerprint density at radius 1 is 1.05 bits per heavy atom. The Morgan fingerprint density at radius 3 is 1.74 bits per heavy atom. The predicted octanol–water partition coefficient (Wildman–Crippen LogP) is 4.71. The molecule has 2 atom stereocenters. The van der Waals surface area contributed by atoms with Crippen molar-refractivity contribution in [3.63, 3.8) is 0 Å². The molecule has 1 rings (SSSR count). The standard InChI is InChI=1S/C8H16BClN.2C2H6N.CH3.Hf/c1-9(11-2)6-7-4-3-5-8(7)10;2*1-3-2;;/h7-8H,3-6H2,1-2H3;2*1-2H3;1H3;/q4*-1;+4. The topological polar surface area (TPSA) is 42.3 Å². The van der Waals surface area contributed by atoms with Gasteiger partial charge in [-0.25, -0.2) is 0 Å². The van der Waals surface area contributed by atoms with Crippen LogP contribution in [0.3, 0.4) is 0 Å². The second-order valence-corrected chi connectivity index (χ2v) is 5.00. The molecule has 1 aliphatic rings. The molecule has 0 heterocycles. The van der Waals surface area contributed by atoms with E-state index < -0.39 is 0 Å². The van der Waals surface area contributed by atoms with E-state index in [1.54, 1.807) is 28.2 Å². The number of halogens is 1. The van der Waals surface area contributed by atoms with Gasteiger partial charge in [0.15, 0.2) is 0 Å². The van der Waals surface area contributed by atoms with Crippen molar-refractivity contribution in [2.24, 2.45) is 5.92 Å². The van der Waals surface area contributed by atoms with Crippen LogP contribution < -0.4 is 0 Å². The first-order valence-corrected chi connectivity index (χ1v) is 6.69. The maximum absolute atomic E-state index is 6.14. The minimum absolute atomic E-state index is 0. The van der Waals surface area contributed by atoms with E-state index in [1.807, 2.05) is 7.05 Å². The number of alkyl halides is 1. The molecule has 1 fully saturated rings. The van der Waals surface area contributed by atoms with E-state index in [4.69, 9.17) is 11.6 Å². The first-order chi connectivity index (χ1) is 8.06. The van der Waals surface area contributed by atoms with Crippen molar-refractivity contribution in [2.45, 2.75) is 37.8 Å². The van der Waals surface area contributed by atoms with E-state index >= 15 is 0 Å². The van der Waals surface area contributed by atoms with E-state index in [0.29, 0.717) is 12.2 Å². The summed E-state index contributed by atoms with van der Waals surface area (Å²) in [6, 6.07) is 0. The third-order valence-electron chi connectivity index (χ3n) is 2.65. The monoisotopic (exact) mass is 455 g/mol. The van der Waals surface area contributed by atoms with Crippen LogP contribution in [0, 0.1) is 13.3 Å². The third kappa shape index (κ3) is 19.1. The zero-order valence-electron chi connectivity index (χ0n) is 13.8. The first-order valence-electron chi connectivity index (χ1n) is 6.26.